The van der Waals surface area contributed by atoms with Crippen molar-refractivity contribution in [3.05, 3.63) is 23.8 Å². The van der Waals surface area contributed by atoms with Gasteiger partial charge in [0.05, 0.1) is 23.5 Å². The van der Waals surface area contributed by atoms with Gasteiger partial charge in [-0.15, -0.1) is 0 Å². The Morgan fingerprint density at radius 2 is 2.15 bits per heavy atom. The molecular weight excluding hydrogens is 254 g/mol. The van der Waals surface area contributed by atoms with Crippen LogP contribution in [0.15, 0.2) is 18.2 Å². The highest BCUT2D eigenvalue weighted by Gasteiger charge is 2.14. The number of carbonyl (C=O) groups is 1. The van der Waals surface area contributed by atoms with Crippen molar-refractivity contribution < 1.29 is 9.53 Å². The standard InChI is InChI=1S/C15H23N3O2/c1-2-20-15(19)12-6-5-7-13(14(12)16)17-8-11-18-9-3-4-10-18/h5-7,17H,2-4,8-11,16H2,1H3. The fourth-order valence-electron chi connectivity index (χ4n) is 2.46. The summed E-state index contributed by atoms with van der Waals surface area (Å²) in [7, 11) is 0. The Balaban J connectivity index is 1.93. The van der Waals surface area contributed by atoms with Gasteiger partial charge < -0.3 is 20.7 Å². The van der Waals surface area contributed by atoms with E-state index in [0.717, 1.165) is 18.8 Å². The lowest BCUT2D eigenvalue weighted by molar-refractivity contribution is 0.0527. The quantitative estimate of drug-likeness (QED) is 0.614. The highest BCUT2D eigenvalue weighted by atomic mass is 16.5. The molecule has 2 rings (SSSR count). The SMILES string of the molecule is CCOC(=O)c1cccc(NCCN2CCCC2)c1N. The van der Waals surface area contributed by atoms with E-state index in [9.17, 15) is 4.79 Å². The molecule has 1 aromatic carbocycles. The second kappa shape index (κ2) is 7.14. The summed E-state index contributed by atoms with van der Waals surface area (Å²) in [6, 6.07) is 5.40. The third-order valence-corrected chi connectivity index (χ3v) is 3.54. The zero-order valence-electron chi connectivity index (χ0n) is 12.0. The third-order valence-electron chi connectivity index (χ3n) is 3.54. The number of ether oxygens (including phenoxy) is 1. The molecule has 1 fully saturated rings. The molecule has 110 valence electrons. The fourth-order valence-corrected chi connectivity index (χ4v) is 2.46. The second-order valence-electron chi connectivity index (χ2n) is 4.96. The molecule has 0 radical (unpaired) electrons. The lowest BCUT2D eigenvalue weighted by Gasteiger charge is -2.17. The number of esters is 1. The number of nitrogens with zero attached hydrogens (tertiary/aromatic N) is 1. The highest BCUT2D eigenvalue weighted by molar-refractivity contribution is 5.98. The van der Waals surface area contributed by atoms with Crippen LogP contribution in [0, 0.1) is 0 Å². The number of anilines is 2. The number of nitrogens with one attached hydrogen (secondary N) is 1. The van der Waals surface area contributed by atoms with Crippen LogP contribution in [-0.4, -0.2) is 43.7 Å². The Kier molecular flexibility index (Phi) is 5.24. The summed E-state index contributed by atoms with van der Waals surface area (Å²) in [5, 5.41) is 3.30. The van der Waals surface area contributed by atoms with Gasteiger partial charge in [-0.3, -0.25) is 0 Å². The molecule has 0 spiro atoms. The molecule has 5 nitrogen and oxygen atoms in total. The van der Waals surface area contributed by atoms with Crippen LogP contribution in [0.3, 0.4) is 0 Å². The van der Waals surface area contributed by atoms with Crippen LogP contribution < -0.4 is 11.1 Å². The highest BCUT2D eigenvalue weighted by Crippen LogP contribution is 2.23. The van der Waals surface area contributed by atoms with Gasteiger partial charge >= 0.3 is 5.97 Å². The number of likely N-dealkylation sites (tertiary alicyclic amines) is 1. The molecule has 0 amide bonds. The van der Waals surface area contributed by atoms with Gasteiger partial charge in [-0.25, -0.2) is 4.79 Å². The largest absolute Gasteiger partial charge is 0.462 e. The lowest BCUT2D eigenvalue weighted by atomic mass is 10.1. The fraction of sp³-hybridized carbons (Fsp3) is 0.533. The van der Waals surface area contributed by atoms with Crippen molar-refractivity contribution >= 4 is 17.3 Å². The molecule has 0 bridgehead atoms. The first-order chi connectivity index (χ1) is 9.72. The molecule has 1 saturated heterocycles. The predicted octanol–water partition coefficient (Wildman–Crippen LogP) is 1.95. The summed E-state index contributed by atoms with van der Waals surface area (Å²) in [5.41, 5.74) is 7.73. The van der Waals surface area contributed by atoms with E-state index in [0.29, 0.717) is 17.9 Å². The van der Waals surface area contributed by atoms with Crippen LogP contribution in [0.1, 0.15) is 30.1 Å². The van der Waals surface area contributed by atoms with E-state index in [4.69, 9.17) is 10.5 Å². The Morgan fingerprint density at radius 1 is 1.40 bits per heavy atom. The van der Waals surface area contributed by atoms with Gasteiger partial charge in [0.2, 0.25) is 0 Å². The van der Waals surface area contributed by atoms with Crippen molar-refractivity contribution in [1.82, 2.24) is 4.90 Å². The van der Waals surface area contributed by atoms with Gasteiger partial charge in [-0.2, -0.15) is 0 Å². The Labute approximate surface area is 120 Å². The van der Waals surface area contributed by atoms with E-state index in [1.165, 1.54) is 25.9 Å². The Morgan fingerprint density at radius 3 is 2.85 bits per heavy atom. The Hall–Kier alpha value is -1.75. The lowest BCUT2D eigenvalue weighted by Crippen LogP contribution is -2.26. The molecule has 1 aromatic rings. The maximum absolute atomic E-state index is 11.8. The van der Waals surface area contributed by atoms with Gasteiger partial charge in [0.1, 0.15) is 0 Å². The number of hydrogen-bond donors (Lipinski definition) is 2. The monoisotopic (exact) mass is 277 g/mol. The number of hydrogen-bond acceptors (Lipinski definition) is 5. The van der Waals surface area contributed by atoms with Crippen molar-refractivity contribution in [2.24, 2.45) is 0 Å². The molecule has 1 aliphatic heterocycles. The molecule has 0 unspecified atom stereocenters. The predicted molar refractivity (Wildman–Crippen MR) is 81.0 cm³/mol. The van der Waals surface area contributed by atoms with Gasteiger partial charge in [-0.05, 0) is 45.0 Å². The van der Waals surface area contributed by atoms with Crippen molar-refractivity contribution in [3.8, 4) is 0 Å². The number of rotatable bonds is 6. The molecule has 0 saturated carbocycles. The number of carbonyl (C=O) groups excluding carboxylic acids is 1. The van der Waals surface area contributed by atoms with E-state index in [-0.39, 0.29) is 5.97 Å². The minimum Gasteiger partial charge on any atom is -0.462 e. The third kappa shape index (κ3) is 3.63. The molecule has 20 heavy (non-hydrogen) atoms. The number of nitrogens with two attached hydrogens (primary N) is 1. The van der Waals surface area contributed by atoms with Crippen LogP contribution in [0.4, 0.5) is 11.4 Å². The first kappa shape index (κ1) is 14.7. The first-order valence-electron chi connectivity index (χ1n) is 7.24. The maximum atomic E-state index is 11.8. The maximum Gasteiger partial charge on any atom is 0.340 e. The number of para-hydroxylation sites is 1. The van der Waals surface area contributed by atoms with Gasteiger partial charge in [0.15, 0.2) is 0 Å². The first-order valence-corrected chi connectivity index (χ1v) is 7.24. The summed E-state index contributed by atoms with van der Waals surface area (Å²) in [4.78, 5) is 14.2. The van der Waals surface area contributed by atoms with Crippen molar-refractivity contribution in [1.29, 1.82) is 0 Å². The smallest absolute Gasteiger partial charge is 0.340 e. The van der Waals surface area contributed by atoms with E-state index < -0.39 is 0 Å². The molecular formula is C15H23N3O2. The Bertz CT molecular complexity index is 456. The van der Waals surface area contributed by atoms with Crippen molar-refractivity contribution in [2.75, 3.05) is 43.8 Å². The molecule has 0 atom stereocenters. The van der Waals surface area contributed by atoms with E-state index >= 15 is 0 Å². The minimum atomic E-state index is -0.367. The molecule has 1 heterocycles. The minimum absolute atomic E-state index is 0.352. The molecule has 0 aromatic heterocycles. The van der Waals surface area contributed by atoms with Crippen molar-refractivity contribution in [3.63, 3.8) is 0 Å². The summed E-state index contributed by atoms with van der Waals surface area (Å²) >= 11 is 0. The van der Waals surface area contributed by atoms with E-state index in [1.54, 1.807) is 13.0 Å². The van der Waals surface area contributed by atoms with E-state index in [1.807, 2.05) is 12.1 Å². The van der Waals surface area contributed by atoms with Crippen LogP contribution >= 0.6 is 0 Å². The van der Waals surface area contributed by atoms with Gasteiger partial charge in [-0.1, -0.05) is 6.07 Å². The topological polar surface area (TPSA) is 67.6 Å². The zero-order chi connectivity index (χ0) is 14.4. The van der Waals surface area contributed by atoms with Crippen LogP contribution in [0.2, 0.25) is 0 Å². The second-order valence-corrected chi connectivity index (χ2v) is 4.96. The van der Waals surface area contributed by atoms with Crippen LogP contribution in [-0.2, 0) is 4.74 Å². The normalized spacial score (nSPS) is 15.2. The number of nitrogen functional groups attached to an aromatic ring is 1. The van der Waals surface area contributed by atoms with Crippen LogP contribution in [0.25, 0.3) is 0 Å². The summed E-state index contributed by atoms with van der Waals surface area (Å²) in [6.07, 6.45) is 2.58. The summed E-state index contributed by atoms with van der Waals surface area (Å²) in [5.74, 6) is -0.367. The average molecular weight is 277 g/mol. The van der Waals surface area contributed by atoms with Gasteiger partial charge in [0, 0.05) is 13.1 Å². The molecule has 3 N–H and O–H groups in total. The molecule has 1 aliphatic rings. The molecule has 5 heteroatoms. The zero-order valence-corrected chi connectivity index (χ0v) is 12.0. The van der Waals surface area contributed by atoms with Gasteiger partial charge in [0.25, 0.3) is 0 Å². The number of benzene rings is 1. The average Bonchev–Trinajstić information content (AvgIpc) is 2.94. The van der Waals surface area contributed by atoms with Crippen molar-refractivity contribution in [2.45, 2.75) is 19.8 Å². The van der Waals surface area contributed by atoms with Crippen LogP contribution in [0.5, 0.6) is 0 Å². The summed E-state index contributed by atoms with van der Waals surface area (Å²) < 4.78 is 4.99. The molecule has 0 aliphatic carbocycles. The van der Waals surface area contributed by atoms with E-state index in [2.05, 4.69) is 10.2 Å². The summed E-state index contributed by atoms with van der Waals surface area (Å²) in [6.45, 7) is 6.33.